The number of non-ortho nitro benzene ring substituents is 1. The summed E-state index contributed by atoms with van der Waals surface area (Å²) in [5.74, 6) is 0.653. The number of rotatable bonds is 6. The number of benzene rings is 2. The van der Waals surface area contributed by atoms with Crippen LogP contribution >= 0.6 is 0 Å². The maximum absolute atomic E-state index is 11.0. The average molecular weight is 360 g/mol. The van der Waals surface area contributed by atoms with Crippen molar-refractivity contribution in [3.05, 3.63) is 58.1 Å². The number of methoxy groups -OCH3 is 1. The van der Waals surface area contributed by atoms with Gasteiger partial charge in [0.05, 0.1) is 0 Å². The van der Waals surface area contributed by atoms with Gasteiger partial charge in [0.1, 0.15) is 0 Å². The van der Waals surface area contributed by atoms with Crippen LogP contribution in [-0.4, -0.2) is 27.8 Å². The summed E-state index contributed by atoms with van der Waals surface area (Å²) in [5, 5.41) is 12.1. The van der Waals surface area contributed by atoms with Crippen LogP contribution in [0.3, 0.4) is 0 Å². The zero-order chi connectivity index (χ0) is 16.1. The molecule has 0 aliphatic carbocycles. The third kappa shape index (κ3) is 4.11. The molecule has 0 amide bonds. The topological polar surface area (TPSA) is 52.4 Å². The van der Waals surface area contributed by atoms with Gasteiger partial charge in [0.15, 0.2) is 0 Å². The molecule has 0 bridgehead atoms. The molecule has 22 heavy (non-hydrogen) atoms. The van der Waals surface area contributed by atoms with Gasteiger partial charge in [-0.2, -0.15) is 0 Å². The summed E-state index contributed by atoms with van der Waals surface area (Å²) in [4.78, 5) is 10.6. The van der Waals surface area contributed by atoms with E-state index in [1.807, 2.05) is 12.1 Å². The van der Waals surface area contributed by atoms with E-state index in [-0.39, 0.29) is 26.4 Å². The van der Waals surface area contributed by atoms with Crippen molar-refractivity contribution in [2.45, 2.75) is 23.8 Å². The second-order valence-electron chi connectivity index (χ2n) is 5.28. The van der Waals surface area contributed by atoms with Crippen LogP contribution in [0.4, 0.5) is 5.69 Å². The van der Waals surface area contributed by atoms with Crippen molar-refractivity contribution in [3.8, 4) is 16.9 Å². The van der Waals surface area contributed by atoms with Crippen molar-refractivity contribution in [3.63, 3.8) is 0 Å². The van der Waals surface area contributed by atoms with E-state index >= 15 is 0 Å². The molecule has 0 saturated heterocycles. The van der Waals surface area contributed by atoms with E-state index < -0.39 is 0 Å². The van der Waals surface area contributed by atoms with Gasteiger partial charge in [-0.05, 0) is 0 Å². The molecule has 115 valence electrons. The molecule has 0 unspecified atom stereocenters. The second kappa shape index (κ2) is 7.46. The van der Waals surface area contributed by atoms with Gasteiger partial charge in [0, 0.05) is 0 Å². The minimum atomic E-state index is -0.379. The molecule has 4 nitrogen and oxygen atoms in total. The summed E-state index contributed by atoms with van der Waals surface area (Å²) in [7, 11) is 1.58. The molecule has 0 atom stereocenters. The molecule has 2 rings (SSSR count). The SMILES string of the molecule is COc1ccc([N+](=O)[O-])cc1-c1cccc(C[As]C(C)C)c1. The zero-order valence-electron chi connectivity index (χ0n) is 12.9. The Bertz CT molecular complexity index is 671. The summed E-state index contributed by atoms with van der Waals surface area (Å²) in [6, 6.07) is 12.9. The van der Waals surface area contributed by atoms with Gasteiger partial charge >= 0.3 is 137 Å². The maximum atomic E-state index is 11.0. The molecule has 0 aromatic heterocycles. The first kappa shape index (κ1) is 16.6. The Morgan fingerprint density at radius 2 is 2.00 bits per heavy atom. The van der Waals surface area contributed by atoms with Gasteiger partial charge in [-0.15, -0.1) is 0 Å². The van der Waals surface area contributed by atoms with Crippen molar-refractivity contribution in [1.82, 2.24) is 0 Å². The van der Waals surface area contributed by atoms with E-state index in [1.54, 1.807) is 19.2 Å². The molecular formula is C17H19AsNO3. The van der Waals surface area contributed by atoms with E-state index in [0.29, 0.717) is 5.75 Å². The van der Waals surface area contributed by atoms with Crippen LogP contribution in [0.15, 0.2) is 42.5 Å². The molecule has 0 heterocycles. The number of hydrogen-bond donors (Lipinski definition) is 0. The van der Waals surface area contributed by atoms with E-state index in [0.717, 1.165) is 21.0 Å². The number of hydrogen-bond acceptors (Lipinski definition) is 3. The summed E-state index contributed by atoms with van der Waals surface area (Å²) >= 11 is 0.281. The fourth-order valence-electron chi connectivity index (χ4n) is 2.16. The van der Waals surface area contributed by atoms with Crippen molar-refractivity contribution in [2.75, 3.05) is 7.11 Å². The first-order valence-corrected chi connectivity index (χ1v) is 9.50. The fraction of sp³-hybridized carbons (Fsp3) is 0.294. The normalized spacial score (nSPS) is 11.3. The monoisotopic (exact) mass is 360 g/mol. The Labute approximate surface area is 137 Å². The van der Waals surface area contributed by atoms with Crippen molar-refractivity contribution >= 4 is 21.4 Å². The van der Waals surface area contributed by atoms with Crippen LogP contribution in [0.25, 0.3) is 11.1 Å². The van der Waals surface area contributed by atoms with Gasteiger partial charge < -0.3 is 0 Å². The van der Waals surface area contributed by atoms with Gasteiger partial charge in [0.2, 0.25) is 0 Å². The molecule has 2 aromatic rings. The molecule has 0 spiro atoms. The molecule has 0 aliphatic rings. The predicted molar refractivity (Wildman–Crippen MR) is 89.6 cm³/mol. The first-order chi connectivity index (χ1) is 10.5. The van der Waals surface area contributed by atoms with Crippen LogP contribution < -0.4 is 4.74 Å². The van der Waals surface area contributed by atoms with Crippen LogP contribution in [0.2, 0.25) is 4.71 Å². The Hall–Kier alpha value is -1.80. The summed E-state index contributed by atoms with van der Waals surface area (Å²) in [6.07, 6.45) is 0. The van der Waals surface area contributed by atoms with Gasteiger partial charge in [-0.3, -0.25) is 0 Å². The molecule has 5 heteroatoms. The van der Waals surface area contributed by atoms with Gasteiger partial charge in [-0.1, -0.05) is 0 Å². The summed E-state index contributed by atoms with van der Waals surface area (Å²) in [6.45, 7) is 4.49. The standard InChI is InChI=1S/C17H19AsNO3/c1-12(2)18-11-13-5-4-6-14(9-13)16-10-15(19(20)21)7-8-17(16)22-3/h4-10,12H,11H2,1-3H3. The van der Waals surface area contributed by atoms with Crippen molar-refractivity contribution < 1.29 is 9.66 Å². The van der Waals surface area contributed by atoms with Crippen LogP contribution in [0.1, 0.15) is 19.4 Å². The van der Waals surface area contributed by atoms with Crippen LogP contribution in [0, 0.1) is 10.1 Å². The Kier molecular flexibility index (Phi) is 5.62. The molecule has 2 aromatic carbocycles. The number of nitrogens with zero attached hydrogens (tertiary/aromatic N) is 1. The molecular weight excluding hydrogens is 341 g/mol. The zero-order valence-corrected chi connectivity index (χ0v) is 14.8. The Morgan fingerprint density at radius 1 is 1.23 bits per heavy atom. The van der Waals surface area contributed by atoms with Gasteiger partial charge in [0.25, 0.3) is 0 Å². The number of nitro groups is 1. The predicted octanol–water partition coefficient (Wildman–Crippen LogP) is 4.30. The molecule has 0 N–H and O–H groups in total. The van der Waals surface area contributed by atoms with Gasteiger partial charge in [-0.25, -0.2) is 0 Å². The summed E-state index contributed by atoms with van der Waals surface area (Å²) < 4.78 is 6.10. The first-order valence-electron chi connectivity index (χ1n) is 7.09. The molecule has 0 saturated carbocycles. The number of nitro benzene ring substituents is 1. The Balaban J connectivity index is 2.39. The fourth-order valence-corrected chi connectivity index (χ4v) is 3.78. The average Bonchev–Trinajstić information content (AvgIpc) is 2.52. The minimum absolute atomic E-state index is 0.0784. The Morgan fingerprint density at radius 3 is 2.64 bits per heavy atom. The third-order valence-electron chi connectivity index (χ3n) is 3.27. The van der Waals surface area contributed by atoms with E-state index in [4.69, 9.17) is 4.74 Å². The van der Waals surface area contributed by atoms with E-state index in [2.05, 4.69) is 26.0 Å². The third-order valence-corrected chi connectivity index (χ3v) is 5.95. The molecule has 0 fully saturated rings. The van der Waals surface area contributed by atoms with E-state index in [1.165, 1.54) is 11.6 Å². The van der Waals surface area contributed by atoms with Crippen molar-refractivity contribution in [1.29, 1.82) is 0 Å². The quantitative estimate of drug-likeness (QED) is 0.438. The second-order valence-corrected chi connectivity index (χ2v) is 8.87. The van der Waals surface area contributed by atoms with Crippen molar-refractivity contribution in [2.24, 2.45) is 0 Å². The van der Waals surface area contributed by atoms with Crippen LogP contribution in [0.5, 0.6) is 5.75 Å². The van der Waals surface area contributed by atoms with E-state index in [9.17, 15) is 10.1 Å². The summed E-state index contributed by atoms with van der Waals surface area (Å²) in [5.41, 5.74) is 3.08. The van der Waals surface area contributed by atoms with Crippen LogP contribution in [-0.2, 0) is 5.21 Å². The molecule has 0 aliphatic heterocycles. The number of ether oxygens (including phenoxy) is 1. The molecule has 1 radical (unpaired) electrons.